The van der Waals surface area contributed by atoms with Crippen LogP contribution in [0.5, 0.6) is 0 Å². The molecule has 0 amide bonds. The van der Waals surface area contributed by atoms with Crippen LogP contribution >= 0.6 is 0 Å². The smallest absolute Gasteiger partial charge is 0.313 e. The SMILES string of the molecule is CC(C)/C=C\C(C)C(=O)OCC#N. The highest BCUT2D eigenvalue weighted by molar-refractivity contribution is 5.74. The normalized spacial score (nSPS) is 12.8. The third-order valence-corrected chi connectivity index (χ3v) is 1.44. The molecule has 0 radical (unpaired) electrons. The van der Waals surface area contributed by atoms with Crippen LogP contribution in [0.25, 0.3) is 0 Å². The first-order valence-corrected chi connectivity index (χ1v) is 4.29. The monoisotopic (exact) mass is 181 g/mol. The van der Waals surface area contributed by atoms with E-state index in [1.54, 1.807) is 19.1 Å². The molecule has 3 nitrogen and oxygen atoms in total. The van der Waals surface area contributed by atoms with Crippen molar-refractivity contribution in [1.29, 1.82) is 5.26 Å². The van der Waals surface area contributed by atoms with Crippen molar-refractivity contribution in [3.05, 3.63) is 12.2 Å². The second-order valence-corrected chi connectivity index (χ2v) is 3.18. The lowest BCUT2D eigenvalue weighted by molar-refractivity contribution is -0.144. The van der Waals surface area contributed by atoms with Gasteiger partial charge in [-0.2, -0.15) is 5.26 Å². The van der Waals surface area contributed by atoms with Crippen molar-refractivity contribution in [2.75, 3.05) is 6.61 Å². The molecular weight excluding hydrogens is 166 g/mol. The summed E-state index contributed by atoms with van der Waals surface area (Å²) < 4.78 is 4.63. The molecule has 0 aliphatic carbocycles. The van der Waals surface area contributed by atoms with E-state index in [1.807, 2.05) is 19.9 Å². The van der Waals surface area contributed by atoms with Crippen LogP contribution in [0.3, 0.4) is 0 Å². The first kappa shape index (κ1) is 11.7. The van der Waals surface area contributed by atoms with Gasteiger partial charge in [0.15, 0.2) is 6.61 Å². The topological polar surface area (TPSA) is 50.1 Å². The summed E-state index contributed by atoms with van der Waals surface area (Å²) in [6, 6.07) is 1.75. The van der Waals surface area contributed by atoms with Crippen LogP contribution < -0.4 is 0 Å². The second-order valence-electron chi connectivity index (χ2n) is 3.18. The number of carbonyl (C=O) groups is 1. The Morgan fingerprint density at radius 3 is 2.54 bits per heavy atom. The van der Waals surface area contributed by atoms with E-state index in [1.165, 1.54) is 0 Å². The summed E-state index contributed by atoms with van der Waals surface area (Å²) in [5.74, 6) is -0.194. The highest BCUT2D eigenvalue weighted by atomic mass is 16.5. The number of allylic oxidation sites excluding steroid dienone is 1. The molecule has 3 heteroatoms. The summed E-state index contributed by atoms with van der Waals surface area (Å²) >= 11 is 0. The third-order valence-electron chi connectivity index (χ3n) is 1.44. The van der Waals surface area contributed by atoms with E-state index in [0.29, 0.717) is 5.92 Å². The molecule has 0 aromatic carbocycles. The van der Waals surface area contributed by atoms with Gasteiger partial charge in [0.05, 0.1) is 5.92 Å². The average molecular weight is 181 g/mol. The molecule has 0 spiro atoms. The van der Waals surface area contributed by atoms with Gasteiger partial charge in [-0.1, -0.05) is 26.0 Å². The lowest BCUT2D eigenvalue weighted by atomic mass is 10.1. The lowest BCUT2D eigenvalue weighted by Gasteiger charge is -2.04. The van der Waals surface area contributed by atoms with Gasteiger partial charge in [0, 0.05) is 0 Å². The molecule has 13 heavy (non-hydrogen) atoms. The number of ether oxygens (including phenoxy) is 1. The molecule has 0 fully saturated rings. The maximum absolute atomic E-state index is 11.1. The molecule has 0 saturated heterocycles. The largest absolute Gasteiger partial charge is 0.450 e. The van der Waals surface area contributed by atoms with Gasteiger partial charge in [0.1, 0.15) is 6.07 Å². The van der Waals surface area contributed by atoms with Crippen molar-refractivity contribution < 1.29 is 9.53 Å². The Balaban J connectivity index is 3.90. The van der Waals surface area contributed by atoms with Gasteiger partial charge in [0.25, 0.3) is 0 Å². The maximum atomic E-state index is 11.1. The molecule has 0 bridgehead atoms. The Labute approximate surface area is 79.0 Å². The molecule has 0 saturated carbocycles. The number of esters is 1. The number of rotatable bonds is 4. The van der Waals surface area contributed by atoms with Crippen molar-refractivity contribution in [3.63, 3.8) is 0 Å². The van der Waals surface area contributed by atoms with Gasteiger partial charge in [-0.05, 0) is 12.8 Å². The Bertz CT molecular complexity index is 226. The fourth-order valence-electron chi connectivity index (χ4n) is 0.702. The van der Waals surface area contributed by atoms with E-state index in [-0.39, 0.29) is 18.5 Å². The van der Waals surface area contributed by atoms with E-state index in [2.05, 4.69) is 4.74 Å². The predicted octanol–water partition coefficient (Wildman–Crippen LogP) is 1.90. The van der Waals surface area contributed by atoms with Crippen molar-refractivity contribution in [2.24, 2.45) is 11.8 Å². The zero-order valence-electron chi connectivity index (χ0n) is 8.28. The fourth-order valence-corrected chi connectivity index (χ4v) is 0.702. The van der Waals surface area contributed by atoms with E-state index in [4.69, 9.17) is 5.26 Å². The van der Waals surface area contributed by atoms with Gasteiger partial charge >= 0.3 is 5.97 Å². The van der Waals surface area contributed by atoms with E-state index in [0.717, 1.165) is 0 Å². The predicted molar refractivity (Wildman–Crippen MR) is 49.7 cm³/mol. The van der Waals surface area contributed by atoms with Crippen LogP contribution in [-0.2, 0) is 9.53 Å². The van der Waals surface area contributed by atoms with Gasteiger partial charge in [-0.3, -0.25) is 4.79 Å². The highest BCUT2D eigenvalue weighted by Crippen LogP contribution is 2.03. The third kappa shape index (κ3) is 5.92. The molecule has 0 aliphatic rings. The average Bonchev–Trinajstić information content (AvgIpc) is 2.10. The van der Waals surface area contributed by atoms with Crippen LogP contribution in [0.2, 0.25) is 0 Å². The van der Waals surface area contributed by atoms with Crippen LogP contribution in [0.15, 0.2) is 12.2 Å². The van der Waals surface area contributed by atoms with E-state index < -0.39 is 0 Å². The number of hydrogen-bond acceptors (Lipinski definition) is 3. The summed E-state index contributed by atoms with van der Waals surface area (Å²) in [5, 5.41) is 8.17. The highest BCUT2D eigenvalue weighted by Gasteiger charge is 2.09. The van der Waals surface area contributed by atoms with Crippen LogP contribution in [0.1, 0.15) is 20.8 Å². The first-order valence-electron chi connectivity index (χ1n) is 4.29. The first-order chi connectivity index (χ1) is 6.07. The summed E-state index contributed by atoms with van der Waals surface area (Å²) in [6.45, 7) is 5.64. The zero-order chi connectivity index (χ0) is 10.3. The lowest BCUT2D eigenvalue weighted by Crippen LogP contribution is -2.12. The molecule has 1 atom stereocenters. The molecule has 0 aromatic rings. The minimum Gasteiger partial charge on any atom is -0.450 e. The van der Waals surface area contributed by atoms with Crippen molar-refractivity contribution in [2.45, 2.75) is 20.8 Å². The Morgan fingerprint density at radius 1 is 1.46 bits per heavy atom. The summed E-state index contributed by atoms with van der Waals surface area (Å²) in [5.41, 5.74) is 0. The van der Waals surface area contributed by atoms with Crippen molar-refractivity contribution in [1.82, 2.24) is 0 Å². The van der Waals surface area contributed by atoms with Gasteiger partial charge < -0.3 is 4.74 Å². The standard InChI is InChI=1S/C10H15NO2/c1-8(2)4-5-9(3)10(12)13-7-6-11/h4-5,8-9H,7H2,1-3H3/b5-4-. The Hall–Kier alpha value is -1.30. The number of hydrogen-bond donors (Lipinski definition) is 0. The Morgan fingerprint density at radius 2 is 2.08 bits per heavy atom. The number of nitriles is 1. The second kappa shape index (κ2) is 6.24. The molecule has 1 unspecified atom stereocenters. The molecule has 0 N–H and O–H groups in total. The van der Waals surface area contributed by atoms with E-state index in [9.17, 15) is 4.79 Å². The molecular formula is C10H15NO2. The fraction of sp³-hybridized carbons (Fsp3) is 0.600. The maximum Gasteiger partial charge on any atom is 0.313 e. The molecule has 0 aromatic heterocycles. The number of carbonyl (C=O) groups excluding carboxylic acids is 1. The minimum atomic E-state index is -0.349. The quantitative estimate of drug-likeness (QED) is 0.491. The van der Waals surface area contributed by atoms with Crippen LogP contribution in [0.4, 0.5) is 0 Å². The zero-order valence-corrected chi connectivity index (χ0v) is 8.28. The summed E-state index contributed by atoms with van der Waals surface area (Å²) in [6.07, 6.45) is 3.74. The van der Waals surface area contributed by atoms with Gasteiger partial charge in [-0.15, -0.1) is 0 Å². The van der Waals surface area contributed by atoms with Crippen molar-refractivity contribution >= 4 is 5.97 Å². The molecule has 72 valence electrons. The summed E-state index contributed by atoms with van der Waals surface area (Å²) in [7, 11) is 0. The van der Waals surface area contributed by atoms with Gasteiger partial charge in [-0.25, -0.2) is 0 Å². The number of nitrogens with zero attached hydrogens (tertiary/aromatic N) is 1. The van der Waals surface area contributed by atoms with E-state index >= 15 is 0 Å². The molecule has 0 rings (SSSR count). The minimum absolute atomic E-state index is 0.168. The summed E-state index contributed by atoms with van der Waals surface area (Å²) in [4.78, 5) is 11.1. The van der Waals surface area contributed by atoms with Crippen LogP contribution in [-0.4, -0.2) is 12.6 Å². The van der Waals surface area contributed by atoms with Crippen molar-refractivity contribution in [3.8, 4) is 6.07 Å². The van der Waals surface area contributed by atoms with Gasteiger partial charge in [0.2, 0.25) is 0 Å². The molecule has 0 aliphatic heterocycles. The molecule has 0 heterocycles. The van der Waals surface area contributed by atoms with Crippen LogP contribution in [0, 0.1) is 23.2 Å². The Kier molecular flexibility index (Phi) is 5.62.